The number of carbonyl (C=O) groups is 2. The molecule has 0 unspecified atom stereocenters. The molecular weight excluding hydrogens is 358 g/mol. The van der Waals surface area contributed by atoms with E-state index < -0.39 is 0 Å². The fraction of sp³-hybridized carbons (Fsp3) is 0.600. The van der Waals surface area contributed by atoms with Crippen molar-refractivity contribution in [1.82, 2.24) is 25.1 Å². The molecule has 0 saturated heterocycles. The minimum Gasteiger partial charge on any atom is -0.355 e. The van der Waals surface area contributed by atoms with Crippen molar-refractivity contribution in [1.29, 1.82) is 0 Å². The van der Waals surface area contributed by atoms with Crippen molar-refractivity contribution < 1.29 is 9.59 Å². The minimum absolute atomic E-state index is 0.0679. The van der Waals surface area contributed by atoms with Crippen LogP contribution in [-0.4, -0.2) is 38.0 Å². The minimum atomic E-state index is -0.361. The molecule has 0 atom stereocenters. The number of carbonyl (C=O) groups excluding carboxylic acids is 2. The summed E-state index contributed by atoms with van der Waals surface area (Å²) in [5, 5.41) is 8.98. The van der Waals surface area contributed by atoms with Crippen LogP contribution in [0.3, 0.4) is 0 Å². The van der Waals surface area contributed by atoms with Crippen molar-refractivity contribution in [3.05, 3.63) is 38.8 Å². The molecule has 0 fully saturated rings. The van der Waals surface area contributed by atoms with Crippen LogP contribution in [0.15, 0.2) is 4.79 Å². The Labute approximate surface area is 164 Å². The van der Waals surface area contributed by atoms with Gasteiger partial charge in [-0.05, 0) is 38.2 Å². The summed E-state index contributed by atoms with van der Waals surface area (Å²) in [5.41, 5.74) is 3.22. The number of ketones is 1. The third kappa shape index (κ3) is 3.95. The Morgan fingerprint density at radius 3 is 2.61 bits per heavy atom. The van der Waals surface area contributed by atoms with Crippen molar-refractivity contribution in [2.45, 2.75) is 66.3 Å². The number of nitrogens with zero attached hydrogens (tertiary/aromatic N) is 2. The number of hydrogen-bond acceptors (Lipinski definition) is 4. The van der Waals surface area contributed by atoms with Gasteiger partial charge in [-0.15, -0.1) is 0 Å². The smallest absolute Gasteiger partial charge is 0.340 e. The van der Waals surface area contributed by atoms with Gasteiger partial charge in [-0.25, -0.2) is 9.89 Å². The van der Waals surface area contributed by atoms with Gasteiger partial charge in [0, 0.05) is 42.4 Å². The lowest BCUT2D eigenvalue weighted by molar-refractivity contribution is -0.120. The zero-order valence-corrected chi connectivity index (χ0v) is 17.2. The maximum atomic E-state index is 12.9. The third-order valence-corrected chi connectivity index (χ3v) is 5.33. The van der Waals surface area contributed by atoms with Crippen LogP contribution in [0.2, 0.25) is 0 Å². The predicted molar refractivity (Wildman–Crippen MR) is 106 cm³/mol. The molecule has 28 heavy (non-hydrogen) atoms. The van der Waals surface area contributed by atoms with Crippen LogP contribution >= 0.6 is 0 Å². The molecule has 0 spiro atoms. The molecule has 0 aromatic carbocycles. The molecule has 8 heteroatoms. The van der Waals surface area contributed by atoms with Gasteiger partial charge < -0.3 is 9.88 Å². The molecule has 3 N–H and O–H groups in total. The van der Waals surface area contributed by atoms with Gasteiger partial charge in [-0.1, -0.05) is 13.8 Å². The van der Waals surface area contributed by atoms with Crippen molar-refractivity contribution in [2.24, 2.45) is 5.41 Å². The van der Waals surface area contributed by atoms with Crippen LogP contribution in [-0.2, 0) is 24.1 Å². The highest BCUT2D eigenvalue weighted by Crippen LogP contribution is 2.40. The molecule has 1 aliphatic rings. The molecule has 2 heterocycles. The first-order chi connectivity index (χ1) is 13.1. The molecule has 8 nitrogen and oxygen atoms in total. The highest BCUT2D eigenvalue weighted by molar-refractivity contribution is 6.01. The average molecular weight is 387 g/mol. The van der Waals surface area contributed by atoms with Crippen molar-refractivity contribution in [3.8, 4) is 0 Å². The van der Waals surface area contributed by atoms with Gasteiger partial charge in [0.2, 0.25) is 5.91 Å². The second kappa shape index (κ2) is 7.41. The lowest BCUT2D eigenvalue weighted by Crippen LogP contribution is -2.30. The molecule has 1 amide bonds. The van der Waals surface area contributed by atoms with E-state index in [1.165, 1.54) is 0 Å². The summed E-state index contributed by atoms with van der Waals surface area (Å²) in [6.07, 6.45) is 1.95. The van der Waals surface area contributed by atoms with E-state index >= 15 is 0 Å². The quantitative estimate of drug-likeness (QED) is 0.702. The number of aromatic nitrogens is 4. The van der Waals surface area contributed by atoms with Crippen LogP contribution in [0, 0.1) is 12.3 Å². The zero-order valence-electron chi connectivity index (χ0n) is 17.2. The fourth-order valence-electron chi connectivity index (χ4n) is 4.25. The summed E-state index contributed by atoms with van der Waals surface area (Å²) in [6, 6.07) is 0.226. The Morgan fingerprint density at radius 2 is 2.00 bits per heavy atom. The molecule has 152 valence electrons. The molecule has 0 radical (unpaired) electrons. The van der Waals surface area contributed by atoms with Crippen LogP contribution in [0.1, 0.15) is 73.3 Å². The molecule has 0 bridgehead atoms. The van der Waals surface area contributed by atoms with E-state index in [1.54, 1.807) is 0 Å². The van der Waals surface area contributed by atoms with E-state index in [0.29, 0.717) is 25.2 Å². The first-order valence-electron chi connectivity index (χ1n) is 9.75. The largest absolute Gasteiger partial charge is 0.355 e. The molecule has 1 aliphatic carbocycles. The number of fused-ring (bicyclic) bond motifs is 1. The first kappa shape index (κ1) is 20.1. The summed E-state index contributed by atoms with van der Waals surface area (Å²) >= 11 is 0. The van der Waals surface area contributed by atoms with Gasteiger partial charge in [0.25, 0.3) is 0 Å². The number of rotatable bonds is 6. The van der Waals surface area contributed by atoms with Crippen molar-refractivity contribution in [3.63, 3.8) is 0 Å². The number of amides is 1. The standard InChI is InChI=1S/C20H29N5O3/c1-11(2)25-12(3)13(18-14(25)9-20(4,5)10-15(18)26)8-17(27)21-7-6-16-22-19(28)24-23-16/h11H,6-10H2,1-5H3,(H,21,27)(H2,22,23,24,28). The molecular formula is C20H29N5O3. The number of H-pyrrole nitrogens is 2. The van der Waals surface area contributed by atoms with E-state index in [4.69, 9.17) is 0 Å². The molecule has 0 aliphatic heterocycles. The zero-order chi connectivity index (χ0) is 20.6. The number of Topliss-reactive ketones (excluding diaryl/α,β-unsaturated/α-hetero) is 1. The first-order valence-corrected chi connectivity index (χ1v) is 9.75. The molecule has 2 aromatic rings. The van der Waals surface area contributed by atoms with Crippen molar-refractivity contribution in [2.75, 3.05) is 6.54 Å². The van der Waals surface area contributed by atoms with E-state index in [-0.39, 0.29) is 35.3 Å². The van der Waals surface area contributed by atoms with Crippen LogP contribution in [0.4, 0.5) is 0 Å². The van der Waals surface area contributed by atoms with Gasteiger partial charge in [-0.3, -0.25) is 14.6 Å². The van der Waals surface area contributed by atoms with Gasteiger partial charge >= 0.3 is 5.69 Å². The summed E-state index contributed by atoms with van der Waals surface area (Å²) in [5.74, 6) is 0.496. The Morgan fingerprint density at radius 1 is 1.29 bits per heavy atom. The maximum absolute atomic E-state index is 12.9. The van der Waals surface area contributed by atoms with Crippen LogP contribution < -0.4 is 11.0 Å². The number of hydrogen-bond donors (Lipinski definition) is 3. The Kier molecular flexibility index (Phi) is 5.32. The van der Waals surface area contributed by atoms with E-state index in [0.717, 1.165) is 28.9 Å². The Balaban J connectivity index is 1.79. The fourth-order valence-corrected chi connectivity index (χ4v) is 4.25. The van der Waals surface area contributed by atoms with Gasteiger partial charge in [-0.2, -0.15) is 5.10 Å². The predicted octanol–water partition coefficient (Wildman–Crippen LogP) is 1.85. The number of nitrogens with one attached hydrogen (secondary N) is 3. The van der Waals surface area contributed by atoms with Crippen LogP contribution in [0.25, 0.3) is 0 Å². The molecule has 0 saturated carbocycles. The molecule has 2 aromatic heterocycles. The van der Waals surface area contributed by atoms with Crippen LogP contribution in [0.5, 0.6) is 0 Å². The normalized spacial score (nSPS) is 15.7. The van der Waals surface area contributed by atoms with Crippen molar-refractivity contribution >= 4 is 11.7 Å². The maximum Gasteiger partial charge on any atom is 0.340 e. The monoisotopic (exact) mass is 387 g/mol. The van der Waals surface area contributed by atoms with Gasteiger partial charge in [0.1, 0.15) is 5.82 Å². The molecule has 3 rings (SSSR count). The summed E-state index contributed by atoms with van der Waals surface area (Å²) < 4.78 is 2.21. The lowest BCUT2D eigenvalue weighted by Gasteiger charge is -2.31. The SMILES string of the molecule is Cc1c(CC(=O)NCCc2n[nH]c(=O)[nH]2)c2c(n1C(C)C)CC(C)(C)CC2=O. The second-order valence-electron chi connectivity index (χ2n) is 8.69. The lowest BCUT2D eigenvalue weighted by atomic mass is 9.75. The Hall–Kier alpha value is -2.64. The van der Waals surface area contributed by atoms with E-state index in [9.17, 15) is 14.4 Å². The third-order valence-electron chi connectivity index (χ3n) is 5.33. The highest BCUT2D eigenvalue weighted by Gasteiger charge is 2.37. The van der Waals surface area contributed by atoms with Gasteiger partial charge in [0.05, 0.1) is 6.42 Å². The number of aromatic amines is 2. The highest BCUT2D eigenvalue weighted by atomic mass is 16.2. The van der Waals surface area contributed by atoms with E-state index in [2.05, 4.69) is 52.8 Å². The topological polar surface area (TPSA) is 113 Å². The average Bonchev–Trinajstić information content (AvgIpc) is 3.08. The summed E-state index contributed by atoms with van der Waals surface area (Å²) in [7, 11) is 0. The van der Waals surface area contributed by atoms with Gasteiger partial charge in [0.15, 0.2) is 5.78 Å². The summed E-state index contributed by atoms with van der Waals surface area (Å²) in [6.45, 7) is 10.8. The second-order valence-corrected chi connectivity index (χ2v) is 8.69. The summed E-state index contributed by atoms with van der Waals surface area (Å²) in [4.78, 5) is 39.0. The Bertz CT molecular complexity index is 961. The van der Waals surface area contributed by atoms with E-state index in [1.807, 2.05) is 6.92 Å².